The molecule has 0 aliphatic rings. The highest BCUT2D eigenvalue weighted by molar-refractivity contribution is 7.23. The summed E-state index contributed by atoms with van der Waals surface area (Å²) in [5.41, 5.74) is 1.11. The molecule has 21 heavy (non-hydrogen) atoms. The van der Waals surface area contributed by atoms with Crippen molar-refractivity contribution in [1.29, 1.82) is 0 Å². The molecule has 1 aromatic carbocycles. The van der Waals surface area contributed by atoms with Crippen LogP contribution in [0.3, 0.4) is 0 Å². The van der Waals surface area contributed by atoms with Gasteiger partial charge in [-0.05, 0) is 35.7 Å². The molecule has 3 heterocycles. The standard InChI is InChI=1S/C18H12OS2/c1-2-5-13(6-3-1)14-8-9-15(19-14)16-10-11-18(21-16)17-7-4-12-20-17/h1-12H. The first-order chi connectivity index (χ1) is 10.4. The molecule has 102 valence electrons. The van der Waals surface area contributed by atoms with Crippen LogP contribution in [0.15, 0.2) is 76.5 Å². The average molecular weight is 308 g/mol. The molecule has 4 rings (SSSR count). The highest BCUT2D eigenvalue weighted by atomic mass is 32.1. The summed E-state index contributed by atoms with van der Waals surface area (Å²) in [7, 11) is 0. The molecule has 0 saturated carbocycles. The van der Waals surface area contributed by atoms with Gasteiger partial charge in [0.05, 0.1) is 4.88 Å². The highest BCUT2D eigenvalue weighted by Crippen LogP contribution is 2.38. The molecule has 0 amide bonds. The van der Waals surface area contributed by atoms with Gasteiger partial charge in [-0.15, -0.1) is 22.7 Å². The Balaban J connectivity index is 1.67. The zero-order valence-electron chi connectivity index (χ0n) is 11.2. The minimum absolute atomic E-state index is 0.914. The molecule has 0 fully saturated rings. The van der Waals surface area contributed by atoms with Gasteiger partial charge >= 0.3 is 0 Å². The van der Waals surface area contributed by atoms with E-state index in [1.807, 2.05) is 30.3 Å². The third kappa shape index (κ3) is 2.46. The predicted octanol–water partition coefficient (Wildman–Crippen LogP) is 6.40. The van der Waals surface area contributed by atoms with Gasteiger partial charge in [-0.1, -0.05) is 36.4 Å². The summed E-state index contributed by atoms with van der Waals surface area (Å²) in [6.07, 6.45) is 0. The van der Waals surface area contributed by atoms with Gasteiger partial charge < -0.3 is 4.42 Å². The van der Waals surface area contributed by atoms with Gasteiger partial charge in [0.25, 0.3) is 0 Å². The van der Waals surface area contributed by atoms with Crippen molar-refractivity contribution < 1.29 is 4.42 Å². The topological polar surface area (TPSA) is 13.1 Å². The Hall–Kier alpha value is -2.10. The maximum atomic E-state index is 6.00. The van der Waals surface area contributed by atoms with E-state index < -0.39 is 0 Å². The second-order valence-corrected chi connectivity index (χ2v) is 6.70. The largest absolute Gasteiger partial charge is 0.455 e. The number of thiophene rings is 2. The summed E-state index contributed by atoms with van der Waals surface area (Å²) in [6.45, 7) is 0. The normalized spacial score (nSPS) is 10.9. The Morgan fingerprint density at radius 3 is 2.24 bits per heavy atom. The summed E-state index contributed by atoms with van der Waals surface area (Å²) < 4.78 is 6.00. The number of furan rings is 1. The van der Waals surface area contributed by atoms with E-state index in [0.717, 1.165) is 17.1 Å². The molecule has 0 unspecified atom stereocenters. The fourth-order valence-electron chi connectivity index (χ4n) is 2.25. The maximum Gasteiger partial charge on any atom is 0.144 e. The second-order valence-electron chi connectivity index (χ2n) is 4.67. The van der Waals surface area contributed by atoms with Gasteiger partial charge in [0.2, 0.25) is 0 Å². The van der Waals surface area contributed by atoms with Gasteiger partial charge in [-0.3, -0.25) is 0 Å². The van der Waals surface area contributed by atoms with Gasteiger partial charge in [-0.25, -0.2) is 0 Å². The average Bonchev–Trinajstić information content (AvgIpc) is 3.27. The Morgan fingerprint density at radius 1 is 0.619 bits per heavy atom. The maximum absolute atomic E-state index is 6.00. The van der Waals surface area contributed by atoms with Crippen molar-refractivity contribution in [2.75, 3.05) is 0 Å². The monoisotopic (exact) mass is 308 g/mol. The summed E-state index contributed by atoms with van der Waals surface area (Å²) in [5.74, 6) is 1.85. The molecule has 0 atom stereocenters. The van der Waals surface area contributed by atoms with E-state index in [1.165, 1.54) is 14.6 Å². The van der Waals surface area contributed by atoms with Crippen molar-refractivity contribution in [3.05, 3.63) is 72.1 Å². The van der Waals surface area contributed by atoms with E-state index in [9.17, 15) is 0 Å². The number of rotatable bonds is 3. The first kappa shape index (κ1) is 12.6. The third-order valence-electron chi connectivity index (χ3n) is 3.28. The quantitative estimate of drug-likeness (QED) is 0.426. The van der Waals surface area contributed by atoms with E-state index in [-0.39, 0.29) is 0 Å². The van der Waals surface area contributed by atoms with Gasteiger partial charge in [0.15, 0.2) is 0 Å². The van der Waals surface area contributed by atoms with E-state index in [1.54, 1.807) is 22.7 Å². The van der Waals surface area contributed by atoms with Crippen molar-refractivity contribution in [3.63, 3.8) is 0 Å². The molecule has 0 bridgehead atoms. The van der Waals surface area contributed by atoms with Crippen LogP contribution in [0.4, 0.5) is 0 Å². The smallest absolute Gasteiger partial charge is 0.144 e. The Labute approximate surface area is 131 Å². The lowest BCUT2D eigenvalue weighted by molar-refractivity contribution is 0.599. The fraction of sp³-hybridized carbons (Fsp3) is 0. The molecule has 4 aromatic rings. The van der Waals surface area contributed by atoms with Crippen LogP contribution in [0, 0.1) is 0 Å². The van der Waals surface area contributed by atoms with Crippen LogP contribution >= 0.6 is 22.7 Å². The zero-order chi connectivity index (χ0) is 14.1. The summed E-state index contributed by atoms with van der Waals surface area (Å²) in [6, 6.07) is 22.8. The van der Waals surface area contributed by atoms with Crippen molar-refractivity contribution >= 4 is 22.7 Å². The molecule has 0 radical (unpaired) electrons. The summed E-state index contributed by atoms with van der Waals surface area (Å²) in [5, 5.41) is 2.11. The van der Waals surface area contributed by atoms with E-state index in [4.69, 9.17) is 4.42 Å². The summed E-state index contributed by atoms with van der Waals surface area (Å²) >= 11 is 3.54. The number of hydrogen-bond donors (Lipinski definition) is 0. The van der Waals surface area contributed by atoms with Crippen LogP contribution in [0.1, 0.15) is 0 Å². The Kier molecular flexibility index (Phi) is 3.22. The van der Waals surface area contributed by atoms with Crippen LogP contribution < -0.4 is 0 Å². The summed E-state index contributed by atoms with van der Waals surface area (Å²) in [4.78, 5) is 3.76. The van der Waals surface area contributed by atoms with Crippen molar-refractivity contribution in [1.82, 2.24) is 0 Å². The molecule has 0 saturated heterocycles. The lowest BCUT2D eigenvalue weighted by atomic mass is 10.2. The molecular weight excluding hydrogens is 296 g/mol. The van der Waals surface area contributed by atoms with Crippen LogP contribution in [0.5, 0.6) is 0 Å². The lowest BCUT2D eigenvalue weighted by Crippen LogP contribution is -1.70. The molecule has 0 aliphatic carbocycles. The number of hydrogen-bond acceptors (Lipinski definition) is 3. The first-order valence-electron chi connectivity index (χ1n) is 6.69. The predicted molar refractivity (Wildman–Crippen MR) is 90.8 cm³/mol. The van der Waals surface area contributed by atoms with Crippen molar-refractivity contribution in [2.45, 2.75) is 0 Å². The first-order valence-corrected chi connectivity index (χ1v) is 8.39. The highest BCUT2D eigenvalue weighted by Gasteiger charge is 2.10. The van der Waals surface area contributed by atoms with Crippen LogP contribution in [0.2, 0.25) is 0 Å². The molecule has 0 spiro atoms. The van der Waals surface area contributed by atoms with Crippen LogP contribution in [-0.4, -0.2) is 0 Å². The lowest BCUT2D eigenvalue weighted by Gasteiger charge is -1.95. The minimum atomic E-state index is 0.914. The Morgan fingerprint density at radius 2 is 1.43 bits per heavy atom. The molecular formula is C18H12OS2. The van der Waals surface area contributed by atoms with Crippen LogP contribution in [-0.2, 0) is 0 Å². The molecule has 0 N–H and O–H groups in total. The minimum Gasteiger partial charge on any atom is -0.455 e. The van der Waals surface area contributed by atoms with Crippen LogP contribution in [0.25, 0.3) is 31.7 Å². The van der Waals surface area contributed by atoms with Crippen molar-refractivity contribution in [3.8, 4) is 31.7 Å². The van der Waals surface area contributed by atoms with E-state index in [0.29, 0.717) is 0 Å². The molecule has 0 aliphatic heterocycles. The van der Waals surface area contributed by atoms with Crippen molar-refractivity contribution in [2.24, 2.45) is 0 Å². The fourth-order valence-corrected chi connectivity index (χ4v) is 4.05. The van der Waals surface area contributed by atoms with E-state index >= 15 is 0 Å². The zero-order valence-corrected chi connectivity index (χ0v) is 12.8. The van der Waals surface area contributed by atoms with Gasteiger partial charge in [0, 0.05) is 15.3 Å². The van der Waals surface area contributed by atoms with E-state index in [2.05, 4.69) is 41.8 Å². The Bertz CT molecular complexity index is 838. The third-order valence-corrected chi connectivity index (χ3v) is 5.44. The number of benzene rings is 1. The molecule has 1 nitrogen and oxygen atoms in total. The molecule has 3 heteroatoms. The second kappa shape index (κ2) is 5.35. The van der Waals surface area contributed by atoms with Gasteiger partial charge in [0.1, 0.15) is 11.5 Å². The SMILES string of the molecule is c1ccc(-c2ccc(-c3ccc(-c4cccs4)s3)o2)cc1. The molecule has 3 aromatic heterocycles. The van der Waals surface area contributed by atoms with Gasteiger partial charge in [-0.2, -0.15) is 0 Å².